The van der Waals surface area contributed by atoms with Crippen molar-refractivity contribution in [2.75, 3.05) is 7.11 Å². The Kier molecular flexibility index (Phi) is 4.62. The number of rotatable bonds is 4. The lowest BCUT2D eigenvalue weighted by Gasteiger charge is -2.09. The maximum atomic E-state index is 12.6. The second-order valence-corrected chi connectivity index (χ2v) is 4.67. The fraction of sp³-hybridized carbons (Fsp3) is 0.364. The molecule has 0 aliphatic heterocycles. The minimum Gasteiger partial charge on any atom is -0.469 e. The van der Waals surface area contributed by atoms with Crippen molar-refractivity contribution in [3.05, 3.63) is 30.1 Å². The SMILES string of the molecule is COC(=O)CC(C)Sc1ccc(F)cc1. The fourth-order valence-electron chi connectivity index (χ4n) is 1.11. The van der Waals surface area contributed by atoms with E-state index in [-0.39, 0.29) is 17.0 Å². The summed E-state index contributed by atoms with van der Waals surface area (Å²) in [6, 6.07) is 6.22. The monoisotopic (exact) mass is 228 g/mol. The van der Waals surface area contributed by atoms with Crippen LogP contribution in [0.15, 0.2) is 29.2 Å². The number of thioether (sulfide) groups is 1. The van der Waals surface area contributed by atoms with Crippen molar-refractivity contribution in [3.8, 4) is 0 Å². The molecular weight excluding hydrogens is 215 g/mol. The molecule has 0 saturated carbocycles. The molecule has 0 aliphatic carbocycles. The van der Waals surface area contributed by atoms with Gasteiger partial charge < -0.3 is 4.74 Å². The molecule has 1 rings (SSSR count). The van der Waals surface area contributed by atoms with Crippen LogP contribution in [-0.4, -0.2) is 18.3 Å². The summed E-state index contributed by atoms with van der Waals surface area (Å²) in [7, 11) is 1.37. The van der Waals surface area contributed by atoms with E-state index in [1.807, 2.05) is 6.92 Å². The van der Waals surface area contributed by atoms with E-state index in [9.17, 15) is 9.18 Å². The fourth-order valence-corrected chi connectivity index (χ4v) is 2.08. The number of carbonyl (C=O) groups excluding carboxylic acids is 1. The van der Waals surface area contributed by atoms with E-state index < -0.39 is 0 Å². The number of hydrogen-bond donors (Lipinski definition) is 0. The van der Waals surface area contributed by atoms with Crippen LogP contribution in [-0.2, 0) is 9.53 Å². The van der Waals surface area contributed by atoms with E-state index in [1.165, 1.54) is 31.0 Å². The molecule has 0 fully saturated rings. The quantitative estimate of drug-likeness (QED) is 0.585. The zero-order valence-electron chi connectivity index (χ0n) is 8.70. The summed E-state index contributed by atoms with van der Waals surface area (Å²) in [4.78, 5) is 11.9. The Morgan fingerprint density at radius 2 is 2.07 bits per heavy atom. The van der Waals surface area contributed by atoms with Gasteiger partial charge in [0.05, 0.1) is 13.5 Å². The van der Waals surface area contributed by atoms with Crippen LogP contribution in [0.5, 0.6) is 0 Å². The summed E-state index contributed by atoms with van der Waals surface area (Å²) in [5.74, 6) is -0.475. The highest BCUT2D eigenvalue weighted by molar-refractivity contribution is 8.00. The topological polar surface area (TPSA) is 26.3 Å². The highest BCUT2D eigenvalue weighted by atomic mass is 32.2. The van der Waals surface area contributed by atoms with Crippen molar-refractivity contribution in [3.63, 3.8) is 0 Å². The maximum absolute atomic E-state index is 12.6. The third-order valence-corrected chi connectivity index (χ3v) is 2.95. The Labute approximate surface area is 92.8 Å². The molecule has 0 aromatic heterocycles. The Bertz CT molecular complexity index is 324. The van der Waals surface area contributed by atoms with Gasteiger partial charge in [-0.05, 0) is 24.3 Å². The summed E-state index contributed by atoms with van der Waals surface area (Å²) in [6.45, 7) is 1.94. The molecule has 15 heavy (non-hydrogen) atoms. The number of benzene rings is 1. The average molecular weight is 228 g/mol. The van der Waals surface area contributed by atoms with Gasteiger partial charge in [0.2, 0.25) is 0 Å². The summed E-state index contributed by atoms with van der Waals surface area (Å²) >= 11 is 1.53. The molecule has 0 saturated heterocycles. The Morgan fingerprint density at radius 1 is 1.47 bits per heavy atom. The lowest BCUT2D eigenvalue weighted by atomic mass is 10.3. The van der Waals surface area contributed by atoms with E-state index in [4.69, 9.17) is 0 Å². The molecule has 1 atom stereocenters. The molecule has 1 aromatic rings. The third-order valence-electron chi connectivity index (χ3n) is 1.83. The van der Waals surface area contributed by atoms with E-state index in [0.717, 1.165) is 4.90 Å². The van der Waals surface area contributed by atoms with Crippen LogP contribution in [0.4, 0.5) is 4.39 Å². The van der Waals surface area contributed by atoms with Gasteiger partial charge in [0.1, 0.15) is 5.82 Å². The molecule has 0 radical (unpaired) electrons. The predicted molar refractivity (Wildman–Crippen MR) is 58.4 cm³/mol. The van der Waals surface area contributed by atoms with Crippen molar-refractivity contribution in [2.24, 2.45) is 0 Å². The molecule has 1 aromatic carbocycles. The highest BCUT2D eigenvalue weighted by Gasteiger charge is 2.10. The first-order chi connectivity index (χ1) is 7.11. The largest absolute Gasteiger partial charge is 0.469 e. The maximum Gasteiger partial charge on any atom is 0.306 e. The highest BCUT2D eigenvalue weighted by Crippen LogP contribution is 2.25. The first-order valence-corrected chi connectivity index (χ1v) is 5.49. The average Bonchev–Trinajstić information content (AvgIpc) is 2.21. The molecule has 4 heteroatoms. The van der Waals surface area contributed by atoms with Gasteiger partial charge in [0, 0.05) is 10.1 Å². The summed E-state index contributed by atoms with van der Waals surface area (Å²) in [5.41, 5.74) is 0. The summed E-state index contributed by atoms with van der Waals surface area (Å²) < 4.78 is 17.2. The molecular formula is C11H13FO2S. The van der Waals surface area contributed by atoms with Crippen LogP contribution in [0, 0.1) is 5.82 Å². The first kappa shape index (κ1) is 12.0. The Hall–Kier alpha value is -1.03. The van der Waals surface area contributed by atoms with Crippen LogP contribution in [0.3, 0.4) is 0 Å². The molecule has 2 nitrogen and oxygen atoms in total. The lowest BCUT2D eigenvalue weighted by molar-refractivity contribution is -0.140. The van der Waals surface area contributed by atoms with Gasteiger partial charge in [-0.25, -0.2) is 4.39 Å². The smallest absolute Gasteiger partial charge is 0.306 e. The number of ether oxygens (including phenoxy) is 1. The Morgan fingerprint density at radius 3 is 2.60 bits per heavy atom. The second kappa shape index (κ2) is 5.75. The molecule has 0 spiro atoms. The van der Waals surface area contributed by atoms with Gasteiger partial charge in [-0.15, -0.1) is 11.8 Å². The van der Waals surface area contributed by atoms with E-state index in [1.54, 1.807) is 12.1 Å². The third kappa shape index (κ3) is 4.34. The van der Waals surface area contributed by atoms with Crippen LogP contribution in [0.1, 0.15) is 13.3 Å². The number of halogens is 1. The lowest BCUT2D eigenvalue weighted by Crippen LogP contribution is -2.08. The number of esters is 1. The van der Waals surface area contributed by atoms with Crippen molar-refractivity contribution >= 4 is 17.7 Å². The minimum atomic E-state index is -0.250. The summed E-state index contributed by atoms with van der Waals surface area (Å²) in [5, 5.41) is 0.128. The molecule has 0 N–H and O–H groups in total. The van der Waals surface area contributed by atoms with Gasteiger partial charge in [0.25, 0.3) is 0 Å². The zero-order chi connectivity index (χ0) is 11.3. The molecule has 82 valence electrons. The zero-order valence-corrected chi connectivity index (χ0v) is 9.51. The van der Waals surface area contributed by atoms with Gasteiger partial charge in [0.15, 0.2) is 0 Å². The first-order valence-electron chi connectivity index (χ1n) is 4.61. The molecule has 0 amide bonds. The van der Waals surface area contributed by atoms with Gasteiger partial charge in [-0.3, -0.25) is 4.79 Å². The van der Waals surface area contributed by atoms with Gasteiger partial charge in [-0.1, -0.05) is 6.92 Å². The van der Waals surface area contributed by atoms with E-state index in [2.05, 4.69) is 4.74 Å². The van der Waals surface area contributed by atoms with Crippen LogP contribution >= 0.6 is 11.8 Å². The van der Waals surface area contributed by atoms with Gasteiger partial charge in [-0.2, -0.15) is 0 Å². The van der Waals surface area contributed by atoms with Crippen molar-refractivity contribution in [1.29, 1.82) is 0 Å². The molecule has 1 unspecified atom stereocenters. The molecule has 0 bridgehead atoms. The number of hydrogen-bond acceptors (Lipinski definition) is 3. The second-order valence-electron chi connectivity index (χ2n) is 3.16. The van der Waals surface area contributed by atoms with Crippen molar-refractivity contribution < 1.29 is 13.9 Å². The summed E-state index contributed by atoms with van der Waals surface area (Å²) in [6.07, 6.45) is 0.360. The van der Waals surface area contributed by atoms with Crippen LogP contribution < -0.4 is 0 Å². The van der Waals surface area contributed by atoms with Gasteiger partial charge >= 0.3 is 5.97 Å². The Balaban J connectivity index is 2.47. The standard InChI is InChI=1S/C11H13FO2S/c1-8(7-11(13)14-2)15-10-5-3-9(12)4-6-10/h3-6,8H,7H2,1-2H3. The van der Waals surface area contributed by atoms with Crippen molar-refractivity contribution in [1.82, 2.24) is 0 Å². The van der Waals surface area contributed by atoms with E-state index >= 15 is 0 Å². The normalized spacial score (nSPS) is 12.2. The predicted octanol–water partition coefficient (Wildman–Crippen LogP) is 2.87. The molecule has 0 heterocycles. The molecule has 0 aliphatic rings. The number of methoxy groups -OCH3 is 1. The number of carbonyl (C=O) groups is 1. The van der Waals surface area contributed by atoms with Crippen LogP contribution in [0.2, 0.25) is 0 Å². The van der Waals surface area contributed by atoms with Crippen LogP contribution in [0.25, 0.3) is 0 Å². The van der Waals surface area contributed by atoms with Crippen molar-refractivity contribution in [2.45, 2.75) is 23.5 Å². The van der Waals surface area contributed by atoms with E-state index in [0.29, 0.717) is 6.42 Å². The minimum absolute atomic E-state index is 0.128.